The van der Waals surface area contributed by atoms with Gasteiger partial charge in [0.2, 0.25) is 10.0 Å². The molecular formula is C13H23ClN2O4S. The smallest absolute Gasteiger partial charge is 0.240 e. The number of sulfonamides is 1. The molecule has 8 heteroatoms. The summed E-state index contributed by atoms with van der Waals surface area (Å²) in [7, 11) is -1.89. The lowest BCUT2D eigenvalue weighted by atomic mass is 10.3. The molecule has 1 aromatic rings. The van der Waals surface area contributed by atoms with Gasteiger partial charge in [-0.05, 0) is 37.6 Å². The summed E-state index contributed by atoms with van der Waals surface area (Å²) in [6.45, 7) is 3.07. The lowest BCUT2D eigenvalue weighted by Crippen LogP contribution is -2.29. The highest BCUT2D eigenvalue weighted by molar-refractivity contribution is 7.89. The van der Waals surface area contributed by atoms with Crippen molar-refractivity contribution in [3.8, 4) is 5.75 Å². The lowest BCUT2D eigenvalue weighted by molar-refractivity contribution is 0.146. The Labute approximate surface area is 132 Å². The number of nitrogens with two attached hydrogens (primary N) is 1. The van der Waals surface area contributed by atoms with Gasteiger partial charge in [-0.2, -0.15) is 0 Å². The van der Waals surface area contributed by atoms with Crippen molar-refractivity contribution in [2.45, 2.75) is 24.3 Å². The third-order valence-corrected chi connectivity index (χ3v) is 4.06. The van der Waals surface area contributed by atoms with Crippen molar-refractivity contribution in [2.75, 3.05) is 26.9 Å². The molecule has 1 atom stereocenters. The summed E-state index contributed by atoms with van der Waals surface area (Å²) in [5, 5.41) is 0. The summed E-state index contributed by atoms with van der Waals surface area (Å²) >= 11 is 0. The number of methoxy groups -OCH3 is 1. The Balaban J connectivity index is 0.00000400. The second-order valence-electron chi connectivity index (χ2n) is 4.48. The van der Waals surface area contributed by atoms with Gasteiger partial charge in [-0.25, -0.2) is 13.1 Å². The Kier molecular flexibility index (Phi) is 9.56. The molecule has 1 aromatic carbocycles. The van der Waals surface area contributed by atoms with Crippen LogP contribution in [0.25, 0.3) is 0 Å². The van der Waals surface area contributed by atoms with Crippen molar-refractivity contribution in [3.05, 3.63) is 24.3 Å². The van der Waals surface area contributed by atoms with Gasteiger partial charge < -0.3 is 15.2 Å². The zero-order valence-electron chi connectivity index (χ0n) is 12.2. The molecule has 0 radical (unpaired) electrons. The predicted molar refractivity (Wildman–Crippen MR) is 84.5 cm³/mol. The summed E-state index contributed by atoms with van der Waals surface area (Å²) in [5.74, 6) is 0.608. The molecule has 0 aliphatic rings. The maximum atomic E-state index is 12.0. The molecule has 0 aliphatic carbocycles. The van der Waals surface area contributed by atoms with Gasteiger partial charge in [0.05, 0.1) is 11.5 Å². The van der Waals surface area contributed by atoms with E-state index >= 15 is 0 Å². The molecule has 0 aliphatic heterocycles. The van der Waals surface area contributed by atoms with Gasteiger partial charge in [-0.3, -0.25) is 0 Å². The van der Waals surface area contributed by atoms with E-state index in [0.29, 0.717) is 31.9 Å². The Bertz CT molecular complexity index is 491. The molecule has 1 unspecified atom stereocenters. The zero-order valence-corrected chi connectivity index (χ0v) is 13.9. The van der Waals surface area contributed by atoms with Gasteiger partial charge in [-0.15, -0.1) is 12.4 Å². The van der Waals surface area contributed by atoms with Crippen molar-refractivity contribution in [3.63, 3.8) is 0 Å². The third-order valence-electron chi connectivity index (χ3n) is 2.58. The number of hydrogen-bond donors (Lipinski definition) is 2. The minimum atomic E-state index is -3.48. The van der Waals surface area contributed by atoms with E-state index in [0.717, 1.165) is 0 Å². The van der Waals surface area contributed by atoms with Crippen LogP contribution in [-0.2, 0) is 14.8 Å². The van der Waals surface area contributed by atoms with Gasteiger partial charge in [0.25, 0.3) is 0 Å². The van der Waals surface area contributed by atoms with Crippen LogP contribution in [0.2, 0.25) is 0 Å². The molecule has 0 aromatic heterocycles. The maximum Gasteiger partial charge on any atom is 0.240 e. The van der Waals surface area contributed by atoms with Crippen molar-refractivity contribution in [1.29, 1.82) is 0 Å². The fourth-order valence-corrected chi connectivity index (χ4v) is 2.51. The fourth-order valence-electron chi connectivity index (χ4n) is 1.46. The highest BCUT2D eigenvalue weighted by Crippen LogP contribution is 2.15. The van der Waals surface area contributed by atoms with E-state index in [9.17, 15) is 8.42 Å². The summed E-state index contributed by atoms with van der Waals surface area (Å²) in [6.07, 6.45) is 0.595. The molecule has 1 rings (SSSR count). The van der Waals surface area contributed by atoms with Crippen LogP contribution < -0.4 is 15.2 Å². The minimum Gasteiger partial charge on any atom is -0.491 e. The normalized spacial score (nSPS) is 12.5. The van der Waals surface area contributed by atoms with Crippen LogP contribution in [0.4, 0.5) is 0 Å². The average Bonchev–Trinajstić information content (AvgIpc) is 2.39. The number of halogens is 1. The van der Waals surface area contributed by atoms with E-state index in [1.54, 1.807) is 19.2 Å². The number of hydrogen-bond acceptors (Lipinski definition) is 5. The van der Waals surface area contributed by atoms with Crippen molar-refractivity contribution < 1.29 is 17.9 Å². The second-order valence-corrected chi connectivity index (χ2v) is 6.24. The van der Waals surface area contributed by atoms with Crippen molar-refractivity contribution >= 4 is 22.4 Å². The van der Waals surface area contributed by atoms with Gasteiger partial charge in [0.1, 0.15) is 12.4 Å². The molecule has 0 bridgehead atoms. The molecular weight excluding hydrogens is 316 g/mol. The topological polar surface area (TPSA) is 90.6 Å². The van der Waals surface area contributed by atoms with Gasteiger partial charge in [0, 0.05) is 19.7 Å². The first-order valence-electron chi connectivity index (χ1n) is 6.43. The van der Waals surface area contributed by atoms with E-state index < -0.39 is 10.0 Å². The summed E-state index contributed by atoms with van der Waals surface area (Å²) < 4.78 is 36.7. The van der Waals surface area contributed by atoms with Crippen LogP contribution in [-0.4, -0.2) is 41.3 Å². The fraction of sp³-hybridized carbons (Fsp3) is 0.538. The van der Waals surface area contributed by atoms with Crippen molar-refractivity contribution in [1.82, 2.24) is 4.72 Å². The summed E-state index contributed by atoms with van der Waals surface area (Å²) in [6, 6.07) is 6.23. The summed E-state index contributed by atoms with van der Waals surface area (Å²) in [5.41, 5.74) is 5.58. The Hall–Kier alpha value is -0.860. The first-order valence-corrected chi connectivity index (χ1v) is 7.91. The minimum absolute atomic E-state index is 0. The Morgan fingerprint density at radius 2 is 1.86 bits per heavy atom. The highest BCUT2D eigenvalue weighted by Gasteiger charge is 2.13. The lowest BCUT2D eigenvalue weighted by Gasteiger charge is -2.09. The molecule has 0 saturated carbocycles. The van der Waals surface area contributed by atoms with Crippen molar-refractivity contribution in [2.24, 2.45) is 5.73 Å². The van der Waals surface area contributed by atoms with Gasteiger partial charge >= 0.3 is 0 Å². The molecule has 21 heavy (non-hydrogen) atoms. The number of nitrogens with one attached hydrogen (secondary N) is 1. The first-order chi connectivity index (χ1) is 9.45. The molecule has 0 spiro atoms. The molecule has 0 fully saturated rings. The van der Waals surface area contributed by atoms with Crippen LogP contribution in [0.15, 0.2) is 29.2 Å². The molecule has 0 amide bonds. The standard InChI is InChI=1S/C13H22N2O4S.ClH/c1-11(14)7-8-15-20(16,17)13-5-3-12(4-6-13)19-10-9-18-2;/h3-6,11,15H,7-10,14H2,1-2H3;1H. The van der Waals surface area contributed by atoms with E-state index in [1.165, 1.54) is 12.1 Å². The van der Waals surface area contributed by atoms with Crippen LogP contribution in [0, 0.1) is 0 Å². The maximum absolute atomic E-state index is 12.0. The second kappa shape index (κ2) is 9.97. The Morgan fingerprint density at radius 3 is 2.38 bits per heavy atom. The number of benzene rings is 1. The molecule has 3 N–H and O–H groups in total. The van der Waals surface area contributed by atoms with E-state index in [-0.39, 0.29) is 23.3 Å². The summed E-state index contributed by atoms with van der Waals surface area (Å²) in [4.78, 5) is 0.210. The first kappa shape index (κ1) is 20.1. The van der Waals surface area contributed by atoms with E-state index in [2.05, 4.69) is 4.72 Å². The number of ether oxygens (including phenoxy) is 2. The van der Waals surface area contributed by atoms with Gasteiger partial charge in [0.15, 0.2) is 0 Å². The zero-order chi connectivity index (χ0) is 15.0. The highest BCUT2D eigenvalue weighted by atomic mass is 35.5. The SMILES string of the molecule is COCCOc1ccc(S(=O)(=O)NCCC(C)N)cc1.Cl. The average molecular weight is 339 g/mol. The number of rotatable bonds is 9. The van der Waals surface area contributed by atoms with E-state index in [4.69, 9.17) is 15.2 Å². The quantitative estimate of drug-likeness (QED) is 0.659. The molecule has 0 saturated heterocycles. The monoisotopic (exact) mass is 338 g/mol. The van der Waals surface area contributed by atoms with Crippen LogP contribution in [0.5, 0.6) is 5.75 Å². The van der Waals surface area contributed by atoms with Crippen LogP contribution in [0.3, 0.4) is 0 Å². The predicted octanol–water partition coefficient (Wildman–Crippen LogP) is 1.15. The van der Waals surface area contributed by atoms with E-state index in [1.807, 2.05) is 6.92 Å². The third kappa shape index (κ3) is 7.63. The molecule has 0 heterocycles. The molecule has 6 nitrogen and oxygen atoms in total. The van der Waals surface area contributed by atoms with Gasteiger partial charge in [-0.1, -0.05) is 0 Å². The Morgan fingerprint density at radius 1 is 1.24 bits per heavy atom. The largest absolute Gasteiger partial charge is 0.491 e. The van der Waals surface area contributed by atoms with Crippen LogP contribution >= 0.6 is 12.4 Å². The van der Waals surface area contributed by atoms with Crippen LogP contribution in [0.1, 0.15) is 13.3 Å². The molecule has 122 valence electrons.